The first-order valence-corrected chi connectivity index (χ1v) is 10.3. The van der Waals surface area contributed by atoms with Crippen LogP contribution < -0.4 is 16.0 Å². The van der Waals surface area contributed by atoms with Crippen LogP contribution in [-0.2, 0) is 11.3 Å². The van der Waals surface area contributed by atoms with Gasteiger partial charge in [0.2, 0.25) is 5.91 Å². The van der Waals surface area contributed by atoms with Crippen LogP contribution in [0.1, 0.15) is 25.3 Å². The average molecular weight is 412 g/mol. The number of hydrogen-bond donors (Lipinski definition) is 3. The molecule has 30 heavy (non-hydrogen) atoms. The van der Waals surface area contributed by atoms with Crippen LogP contribution in [0.4, 0.5) is 10.1 Å². The maximum Gasteiger partial charge on any atom is 0.243 e. The van der Waals surface area contributed by atoms with Crippen LogP contribution in [0.3, 0.4) is 0 Å². The van der Waals surface area contributed by atoms with Crippen LogP contribution in [0, 0.1) is 5.82 Å². The maximum atomic E-state index is 13.0. The minimum absolute atomic E-state index is 0.0828. The summed E-state index contributed by atoms with van der Waals surface area (Å²) in [5.74, 6) is 0.0633. The van der Waals surface area contributed by atoms with Gasteiger partial charge in [0.25, 0.3) is 0 Å². The van der Waals surface area contributed by atoms with Crippen molar-refractivity contribution in [3.63, 3.8) is 0 Å². The Hall–Kier alpha value is -2.93. The van der Waals surface area contributed by atoms with Gasteiger partial charge >= 0.3 is 0 Å². The number of rotatable bonds is 6. The fourth-order valence-corrected chi connectivity index (χ4v) is 3.70. The Morgan fingerprint density at radius 3 is 2.57 bits per heavy atom. The zero-order chi connectivity index (χ0) is 21.3. The maximum absolute atomic E-state index is 13.0. The first-order valence-electron chi connectivity index (χ1n) is 10.3. The first kappa shape index (κ1) is 21.8. The van der Waals surface area contributed by atoms with Gasteiger partial charge in [-0.25, -0.2) is 4.39 Å². The molecular formula is C23H30FN5O. The Morgan fingerprint density at radius 1 is 1.17 bits per heavy atom. The van der Waals surface area contributed by atoms with Gasteiger partial charge in [0.15, 0.2) is 5.96 Å². The van der Waals surface area contributed by atoms with Crippen molar-refractivity contribution in [3.05, 3.63) is 66.0 Å². The van der Waals surface area contributed by atoms with Gasteiger partial charge in [-0.3, -0.25) is 14.7 Å². The van der Waals surface area contributed by atoms with Gasteiger partial charge in [-0.2, -0.15) is 0 Å². The lowest BCUT2D eigenvalue weighted by atomic mass is 9.97. The lowest BCUT2D eigenvalue weighted by molar-refractivity contribution is -0.115. The van der Waals surface area contributed by atoms with Crippen LogP contribution >= 0.6 is 0 Å². The number of likely N-dealkylation sites (tertiary alicyclic amines) is 1. The van der Waals surface area contributed by atoms with E-state index in [-0.39, 0.29) is 18.3 Å². The Labute approximate surface area is 177 Å². The van der Waals surface area contributed by atoms with Crippen LogP contribution in [0.5, 0.6) is 0 Å². The molecule has 6 nitrogen and oxygen atoms in total. The van der Waals surface area contributed by atoms with E-state index in [1.807, 2.05) is 6.07 Å². The van der Waals surface area contributed by atoms with E-state index < -0.39 is 0 Å². The average Bonchev–Trinajstić information content (AvgIpc) is 2.75. The zero-order valence-corrected chi connectivity index (χ0v) is 17.6. The molecule has 160 valence electrons. The fraction of sp³-hybridized carbons (Fsp3) is 0.391. The van der Waals surface area contributed by atoms with Gasteiger partial charge in [0.1, 0.15) is 5.82 Å². The van der Waals surface area contributed by atoms with E-state index in [4.69, 9.17) is 0 Å². The van der Waals surface area contributed by atoms with Crippen LogP contribution in [0.25, 0.3) is 0 Å². The van der Waals surface area contributed by atoms with Crippen molar-refractivity contribution in [3.8, 4) is 0 Å². The van der Waals surface area contributed by atoms with Crippen molar-refractivity contribution in [1.29, 1.82) is 0 Å². The highest BCUT2D eigenvalue weighted by molar-refractivity contribution is 5.95. The second-order valence-corrected chi connectivity index (χ2v) is 7.65. The number of nitrogens with one attached hydrogen (secondary N) is 3. The van der Waals surface area contributed by atoms with E-state index in [1.54, 1.807) is 7.05 Å². The van der Waals surface area contributed by atoms with Crippen molar-refractivity contribution in [2.75, 3.05) is 25.5 Å². The quantitative estimate of drug-likeness (QED) is 0.505. The Kier molecular flexibility index (Phi) is 7.79. The summed E-state index contributed by atoms with van der Waals surface area (Å²) < 4.78 is 13.0. The number of halogens is 1. The van der Waals surface area contributed by atoms with Crippen molar-refractivity contribution in [1.82, 2.24) is 15.5 Å². The van der Waals surface area contributed by atoms with Crippen LogP contribution in [-0.4, -0.2) is 49.0 Å². The second kappa shape index (κ2) is 10.7. The smallest absolute Gasteiger partial charge is 0.243 e. The number of benzene rings is 2. The Morgan fingerprint density at radius 2 is 1.90 bits per heavy atom. The highest BCUT2D eigenvalue weighted by Gasteiger charge is 2.26. The number of anilines is 1. The van der Waals surface area contributed by atoms with E-state index in [0.29, 0.717) is 23.7 Å². The largest absolute Gasteiger partial charge is 0.354 e. The number of aliphatic imine (C=N–C) groups is 1. The number of guanidine groups is 1. The highest BCUT2D eigenvalue weighted by atomic mass is 19.1. The third-order valence-electron chi connectivity index (χ3n) is 5.35. The summed E-state index contributed by atoms with van der Waals surface area (Å²) in [6.07, 6.45) is 2.02. The molecule has 1 saturated heterocycles. The molecule has 7 heteroatoms. The van der Waals surface area contributed by atoms with Gasteiger partial charge in [-0.05, 0) is 49.6 Å². The van der Waals surface area contributed by atoms with Crippen molar-refractivity contribution < 1.29 is 9.18 Å². The van der Waals surface area contributed by atoms with Gasteiger partial charge < -0.3 is 16.0 Å². The molecule has 2 unspecified atom stereocenters. The monoisotopic (exact) mass is 411 g/mol. The van der Waals surface area contributed by atoms with Crippen molar-refractivity contribution in [2.24, 2.45) is 4.99 Å². The predicted molar refractivity (Wildman–Crippen MR) is 119 cm³/mol. The molecule has 3 N–H and O–H groups in total. The molecule has 1 amide bonds. The summed E-state index contributed by atoms with van der Waals surface area (Å²) in [4.78, 5) is 18.9. The molecule has 1 fully saturated rings. The molecule has 0 radical (unpaired) electrons. The zero-order valence-electron chi connectivity index (χ0n) is 17.6. The normalized spacial score (nSPS) is 19.9. The van der Waals surface area contributed by atoms with E-state index in [1.165, 1.54) is 29.8 Å². The van der Waals surface area contributed by atoms with Gasteiger partial charge in [-0.15, -0.1) is 0 Å². The van der Waals surface area contributed by atoms with Crippen LogP contribution in [0.2, 0.25) is 0 Å². The Bertz CT molecular complexity index is 840. The van der Waals surface area contributed by atoms with Crippen molar-refractivity contribution in [2.45, 2.75) is 38.4 Å². The summed E-state index contributed by atoms with van der Waals surface area (Å²) >= 11 is 0. The third-order valence-corrected chi connectivity index (χ3v) is 5.35. The summed E-state index contributed by atoms with van der Waals surface area (Å²) in [6, 6.07) is 17.0. The lowest BCUT2D eigenvalue weighted by Gasteiger charge is -2.38. The molecule has 1 heterocycles. The van der Waals surface area contributed by atoms with Crippen molar-refractivity contribution >= 4 is 17.6 Å². The molecular weight excluding hydrogens is 381 g/mol. The fourth-order valence-electron chi connectivity index (χ4n) is 3.70. The predicted octanol–water partition coefficient (Wildman–Crippen LogP) is 2.98. The molecule has 1 aliphatic rings. The molecule has 0 saturated carbocycles. The molecule has 2 aromatic carbocycles. The minimum atomic E-state index is -0.334. The summed E-state index contributed by atoms with van der Waals surface area (Å²) in [5.41, 5.74) is 1.89. The third kappa shape index (κ3) is 6.56. The summed E-state index contributed by atoms with van der Waals surface area (Å²) in [7, 11) is 1.70. The molecule has 0 aromatic heterocycles. The number of amides is 1. The molecule has 2 aromatic rings. The minimum Gasteiger partial charge on any atom is -0.354 e. The van der Waals surface area contributed by atoms with Gasteiger partial charge in [0.05, 0.1) is 6.54 Å². The number of piperidine rings is 1. The van der Waals surface area contributed by atoms with E-state index in [2.05, 4.69) is 57.0 Å². The SMILES string of the molecule is CN=C(NCC(=O)Nc1ccc(F)cc1)NC1CCN(Cc2ccccc2)C(C)C1. The van der Waals surface area contributed by atoms with E-state index in [9.17, 15) is 9.18 Å². The molecule has 2 atom stereocenters. The van der Waals surface area contributed by atoms with E-state index >= 15 is 0 Å². The standard InChI is InChI=1S/C23H30FN5O/c1-17-14-21(12-13-29(17)16-18-6-4-3-5-7-18)28-23(25-2)26-15-22(30)27-20-10-8-19(24)9-11-20/h3-11,17,21H,12-16H2,1-2H3,(H,27,30)(H2,25,26,28). The van der Waals surface area contributed by atoms with E-state index in [0.717, 1.165) is 25.9 Å². The summed E-state index contributed by atoms with van der Waals surface area (Å²) in [5, 5.41) is 9.21. The number of carbonyl (C=O) groups is 1. The number of nitrogens with zero attached hydrogens (tertiary/aromatic N) is 2. The number of hydrogen-bond acceptors (Lipinski definition) is 3. The molecule has 1 aliphatic heterocycles. The molecule has 3 rings (SSSR count). The first-order chi connectivity index (χ1) is 14.5. The highest BCUT2D eigenvalue weighted by Crippen LogP contribution is 2.19. The number of carbonyl (C=O) groups excluding carboxylic acids is 1. The topological polar surface area (TPSA) is 68.8 Å². The second-order valence-electron chi connectivity index (χ2n) is 7.65. The van der Waals surface area contributed by atoms with Gasteiger partial charge in [-0.1, -0.05) is 30.3 Å². The summed E-state index contributed by atoms with van der Waals surface area (Å²) in [6.45, 7) is 4.31. The Balaban J connectivity index is 1.42. The molecule has 0 aliphatic carbocycles. The molecule has 0 bridgehead atoms. The lowest BCUT2D eigenvalue weighted by Crippen LogP contribution is -2.52. The molecule has 0 spiro atoms. The van der Waals surface area contributed by atoms with Crippen LogP contribution in [0.15, 0.2) is 59.6 Å². The van der Waals surface area contributed by atoms with Gasteiger partial charge in [0, 0.05) is 37.9 Å².